The van der Waals surface area contributed by atoms with Crippen LogP contribution in [-0.4, -0.2) is 25.5 Å². The molecule has 0 saturated heterocycles. The fourth-order valence-corrected chi connectivity index (χ4v) is 5.24. The SMILES string of the molecule is O=S(=O)(N[C@H]1CC[C@@H](Nc2ccnc3cc(Cl)ccc23)CC1)c1ccc(F)c(F)c1. The molecule has 0 atom stereocenters. The quantitative estimate of drug-likeness (QED) is 0.580. The highest BCUT2D eigenvalue weighted by Gasteiger charge is 2.26. The predicted octanol–water partition coefficient (Wildman–Crippen LogP) is 4.87. The maximum atomic E-state index is 13.4. The van der Waals surface area contributed by atoms with E-state index in [0.717, 1.165) is 41.6 Å². The normalized spacial score (nSPS) is 19.7. The minimum absolute atomic E-state index is 0.190. The largest absolute Gasteiger partial charge is 0.382 e. The monoisotopic (exact) mass is 451 g/mol. The van der Waals surface area contributed by atoms with Gasteiger partial charge in [0.2, 0.25) is 10.0 Å². The van der Waals surface area contributed by atoms with Gasteiger partial charge in [-0.15, -0.1) is 0 Å². The van der Waals surface area contributed by atoms with Crippen LogP contribution in [0.25, 0.3) is 10.9 Å². The summed E-state index contributed by atoms with van der Waals surface area (Å²) >= 11 is 6.04. The van der Waals surface area contributed by atoms with E-state index in [4.69, 9.17) is 11.6 Å². The summed E-state index contributed by atoms with van der Waals surface area (Å²) in [5, 5.41) is 5.12. The Kier molecular flexibility index (Phi) is 5.90. The molecule has 3 aromatic rings. The Labute approximate surface area is 178 Å². The molecule has 30 heavy (non-hydrogen) atoms. The van der Waals surface area contributed by atoms with Gasteiger partial charge in [-0.05, 0) is 68.1 Å². The lowest BCUT2D eigenvalue weighted by atomic mass is 9.91. The van der Waals surface area contributed by atoms with Crippen LogP contribution in [0, 0.1) is 11.6 Å². The Morgan fingerprint density at radius 2 is 1.67 bits per heavy atom. The van der Waals surface area contributed by atoms with Gasteiger partial charge in [0.25, 0.3) is 0 Å². The van der Waals surface area contributed by atoms with E-state index in [2.05, 4.69) is 15.0 Å². The minimum atomic E-state index is -3.91. The second-order valence-corrected chi connectivity index (χ2v) is 9.56. The lowest BCUT2D eigenvalue weighted by molar-refractivity contribution is 0.387. The Bertz CT molecular complexity index is 1180. The molecule has 0 spiro atoms. The van der Waals surface area contributed by atoms with Crippen LogP contribution in [0.15, 0.2) is 53.6 Å². The van der Waals surface area contributed by atoms with Gasteiger partial charge in [-0.25, -0.2) is 21.9 Å². The molecule has 5 nitrogen and oxygen atoms in total. The van der Waals surface area contributed by atoms with Crippen LogP contribution in [0.4, 0.5) is 14.5 Å². The third-order valence-corrected chi connectivity index (χ3v) is 7.07. The summed E-state index contributed by atoms with van der Waals surface area (Å²) in [5.74, 6) is -2.26. The number of fused-ring (bicyclic) bond motifs is 1. The van der Waals surface area contributed by atoms with Gasteiger partial charge in [0.15, 0.2) is 11.6 Å². The number of halogens is 3. The van der Waals surface area contributed by atoms with Gasteiger partial charge in [0.05, 0.1) is 10.4 Å². The third kappa shape index (κ3) is 4.55. The number of benzene rings is 2. The first-order valence-corrected chi connectivity index (χ1v) is 11.5. The summed E-state index contributed by atoms with van der Waals surface area (Å²) in [6, 6.07) is 9.98. The first-order valence-electron chi connectivity index (χ1n) is 9.60. The average Bonchev–Trinajstić information content (AvgIpc) is 2.71. The Morgan fingerprint density at radius 3 is 2.40 bits per heavy atom. The summed E-state index contributed by atoms with van der Waals surface area (Å²) in [5.41, 5.74) is 1.77. The van der Waals surface area contributed by atoms with E-state index in [1.54, 1.807) is 6.20 Å². The number of anilines is 1. The lowest BCUT2D eigenvalue weighted by Gasteiger charge is -2.30. The molecule has 1 heterocycles. The highest BCUT2D eigenvalue weighted by molar-refractivity contribution is 7.89. The standard InChI is InChI=1S/C21H20ClF2N3O2S/c22-13-1-7-17-20(9-10-25-21(17)11-13)26-14-2-4-15(5-3-14)27-30(28,29)16-6-8-18(23)19(24)12-16/h1,6-12,14-15,27H,2-5H2,(H,25,26)/t14-,15+. The molecule has 4 rings (SSSR count). The maximum absolute atomic E-state index is 13.4. The van der Waals surface area contributed by atoms with E-state index in [9.17, 15) is 17.2 Å². The van der Waals surface area contributed by atoms with E-state index in [0.29, 0.717) is 23.9 Å². The summed E-state index contributed by atoms with van der Waals surface area (Å²) in [4.78, 5) is 4.06. The van der Waals surface area contributed by atoms with E-state index < -0.39 is 21.7 Å². The van der Waals surface area contributed by atoms with Gasteiger partial charge in [-0.2, -0.15) is 0 Å². The number of nitrogens with one attached hydrogen (secondary N) is 2. The van der Waals surface area contributed by atoms with Crippen molar-refractivity contribution in [3.63, 3.8) is 0 Å². The lowest BCUT2D eigenvalue weighted by Crippen LogP contribution is -2.40. The van der Waals surface area contributed by atoms with Gasteiger partial charge < -0.3 is 5.32 Å². The first-order chi connectivity index (χ1) is 14.3. The van der Waals surface area contributed by atoms with E-state index in [1.807, 2.05) is 24.3 Å². The molecule has 0 radical (unpaired) electrons. The van der Waals surface area contributed by atoms with Gasteiger partial charge in [0, 0.05) is 34.4 Å². The molecule has 0 aliphatic heterocycles. The number of aromatic nitrogens is 1. The third-order valence-electron chi connectivity index (χ3n) is 5.31. The van der Waals surface area contributed by atoms with Crippen LogP contribution in [0.2, 0.25) is 5.02 Å². The summed E-state index contributed by atoms with van der Waals surface area (Å²) in [6.45, 7) is 0. The van der Waals surface area contributed by atoms with Crippen LogP contribution < -0.4 is 10.0 Å². The van der Waals surface area contributed by atoms with Crippen LogP contribution in [-0.2, 0) is 10.0 Å². The van der Waals surface area contributed by atoms with Crippen molar-refractivity contribution < 1.29 is 17.2 Å². The van der Waals surface area contributed by atoms with Gasteiger partial charge in [-0.1, -0.05) is 11.6 Å². The van der Waals surface area contributed by atoms with E-state index >= 15 is 0 Å². The summed E-state index contributed by atoms with van der Waals surface area (Å²) in [6.07, 6.45) is 4.53. The van der Waals surface area contributed by atoms with Crippen molar-refractivity contribution >= 4 is 38.2 Å². The van der Waals surface area contributed by atoms with Crippen molar-refractivity contribution in [2.24, 2.45) is 0 Å². The van der Waals surface area contributed by atoms with E-state index in [-0.39, 0.29) is 17.0 Å². The zero-order valence-corrected chi connectivity index (χ0v) is 17.5. The molecule has 0 bridgehead atoms. The molecule has 0 unspecified atom stereocenters. The molecule has 1 saturated carbocycles. The van der Waals surface area contributed by atoms with Crippen molar-refractivity contribution in [2.75, 3.05) is 5.32 Å². The molecule has 2 N–H and O–H groups in total. The minimum Gasteiger partial charge on any atom is -0.382 e. The maximum Gasteiger partial charge on any atom is 0.240 e. The smallest absolute Gasteiger partial charge is 0.240 e. The molecular weight excluding hydrogens is 432 g/mol. The number of hydrogen-bond acceptors (Lipinski definition) is 4. The molecule has 1 aliphatic rings. The zero-order chi connectivity index (χ0) is 21.3. The van der Waals surface area contributed by atoms with Gasteiger partial charge >= 0.3 is 0 Å². The zero-order valence-electron chi connectivity index (χ0n) is 15.9. The molecule has 1 fully saturated rings. The number of rotatable bonds is 5. The number of nitrogens with zero attached hydrogens (tertiary/aromatic N) is 1. The second kappa shape index (κ2) is 8.45. The molecule has 0 amide bonds. The summed E-state index contributed by atoms with van der Waals surface area (Å²) in [7, 11) is -3.91. The molecule has 9 heteroatoms. The van der Waals surface area contributed by atoms with Crippen molar-refractivity contribution in [1.82, 2.24) is 9.71 Å². The Hall–Kier alpha value is -2.29. The molecular formula is C21H20ClF2N3O2S. The average molecular weight is 452 g/mol. The Balaban J connectivity index is 1.39. The number of hydrogen-bond donors (Lipinski definition) is 2. The topological polar surface area (TPSA) is 71.1 Å². The van der Waals surface area contributed by atoms with Crippen molar-refractivity contribution in [2.45, 2.75) is 42.7 Å². The van der Waals surface area contributed by atoms with Gasteiger partial charge in [0.1, 0.15) is 0 Å². The molecule has 158 valence electrons. The second-order valence-electron chi connectivity index (χ2n) is 7.41. The van der Waals surface area contributed by atoms with Crippen LogP contribution in [0.5, 0.6) is 0 Å². The number of sulfonamides is 1. The fraction of sp³-hybridized carbons (Fsp3) is 0.286. The molecule has 1 aromatic heterocycles. The van der Waals surface area contributed by atoms with Crippen LogP contribution in [0.1, 0.15) is 25.7 Å². The van der Waals surface area contributed by atoms with Crippen molar-refractivity contribution in [1.29, 1.82) is 0 Å². The highest BCUT2D eigenvalue weighted by atomic mass is 35.5. The van der Waals surface area contributed by atoms with E-state index in [1.165, 1.54) is 0 Å². The predicted molar refractivity (Wildman–Crippen MR) is 113 cm³/mol. The van der Waals surface area contributed by atoms with Crippen molar-refractivity contribution in [3.8, 4) is 0 Å². The fourth-order valence-electron chi connectivity index (χ4n) is 3.75. The van der Waals surface area contributed by atoms with Crippen molar-refractivity contribution in [3.05, 3.63) is 65.3 Å². The molecule has 1 aliphatic carbocycles. The highest BCUT2D eigenvalue weighted by Crippen LogP contribution is 2.28. The molecule has 2 aromatic carbocycles. The van der Waals surface area contributed by atoms with Crippen LogP contribution in [0.3, 0.4) is 0 Å². The first kappa shape index (κ1) is 21.0. The van der Waals surface area contributed by atoms with Gasteiger partial charge in [-0.3, -0.25) is 4.98 Å². The number of pyridine rings is 1. The summed E-state index contributed by atoms with van der Waals surface area (Å²) < 4.78 is 54.0. The Morgan fingerprint density at radius 1 is 0.933 bits per heavy atom. The van der Waals surface area contributed by atoms with Crippen LogP contribution >= 0.6 is 11.6 Å².